The number of hydrogen-bond donors (Lipinski definition) is 1. The average molecular weight is 637 g/mol. The second-order valence-corrected chi connectivity index (χ2v) is 14.1. The lowest BCUT2D eigenvalue weighted by molar-refractivity contribution is -0.141. The number of nitrogens with zero attached hydrogens (tertiary/aromatic N) is 3. The molecule has 3 atom stereocenters. The van der Waals surface area contributed by atoms with E-state index in [9.17, 15) is 19.2 Å². The first-order chi connectivity index (χ1) is 21.6. The Morgan fingerprint density at radius 1 is 0.913 bits per heavy atom. The van der Waals surface area contributed by atoms with E-state index in [1.54, 1.807) is 37.5 Å². The number of carbonyl (C=O) groups excluding carboxylic acids is 4. The molecule has 0 radical (unpaired) electrons. The first kappa shape index (κ1) is 36.4. The summed E-state index contributed by atoms with van der Waals surface area (Å²) in [6.45, 7) is 14.0. The van der Waals surface area contributed by atoms with Crippen LogP contribution in [-0.2, 0) is 32.1 Å². The zero-order valence-corrected chi connectivity index (χ0v) is 28.7. The molecule has 0 bridgehead atoms. The number of likely N-dealkylation sites (N-methyl/N-ethyl adjacent to an activating group) is 1. The number of nitrogens with one attached hydrogen (secondary N) is 1. The Morgan fingerprint density at radius 2 is 1.50 bits per heavy atom. The number of rotatable bonds is 11. The topological polar surface area (TPSA) is 108 Å². The van der Waals surface area contributed by atoms with Crippen LogP contribution in [0.4, 0.5) is 9.59 Å². The van der Waals surface area contributed by atoms with Crippen molar-refractivity contribution in [2.24, 2.45) is 5.41 Å². The molecule has 1 heterocycles. The quantitative estimate of drug-likeness (QED) is 0.342. The molecule has 3 rings (SSSR count). The maximum atomic E-state index is 14.2. The third-order valence-corrected chi connectivity index (χ3v) is 8.11. The Kier molecular flexibility index (Phi) is 12.6. The highest BCUT2D eigenvalue weighted by atomic mass is 16.6. The van der Waals surface area contributed by atoms with Gasteiger partial charge in [0.25, 0.3) is 0 Å². The van der Waals surface area contributed by atoms with Crippen LogP contribution in [-0.4, -0.2) is 89.1 Å². The van der Waals surface area contributed by atoms with Crippen molar-refractivity contribution in [2.75, 3.05) is 26.7 Å². The van der Waals surface area contributed by atoms with Gasteiger partial charge in [0.2, 0.25) is 11.8 Å². The van der Waals surface area contributed by atoms with Gasteiger partial charge in [-0.05, 0) is 63.5 Å². The highest BCUT2D eigenvalue weighted by molar-refractivity contribution is 5.91. The van der Waals surface area contributed by atoms with Crippen molar-refractivity contribution in [3.63, 3.8) is 0 Å². The van der Waals surface area contributed by atoms with Crippen LogP contribution in [0.5, 0.6) is 0 Å². The lowest BCUT2D eigenvalue weighted by atomic mass is 9.85. The van der Waals surface area contributed by atoms with Crippen LogP contribution < -0.4 is 5.32 Å². The second-order valence-electron chi connectivity index (χ2n) is 14.1. The zero-order valence-electron chi connectivity index (χ0n) is 28.7. The van der Waals surface area contributed by atoms with Crippen molar-refractivity contribution < 1.29 is 28.7 Å². The molecule has 0 unspecified atom stereocenters. The molecule has 10 nitrogen and oxygen atoms in total. The molecule has 1 N–H and O–H groups in total. The molecule has 4 amide bonds. The van der Waals surface area contributed by atoms with Crippen LogP contribution in [0.2, 0.25) is 0 Å². The normalized spacial score (nSPS) is 16.3. The number of benzene rings is 2. The van der Waals surface area contributed by atoms with Gasteiger partial charge in [-0.15, -0.1) is 0 Å². The van der Waals surface area contributed by atoms with Crippen molar-refractivity contribution in [3.05, 3.63) is 71.8 Å². The van der Waals surface area contributed by atoms with E-state index in [-0.39, 0.29) is 18.6 Å². The fourth-order valence-electron chi connectivity index (χ4n) is 5.29. The maximum absolute atomic E-state index is 14.2. The number of amides is 4. The maximum Gasteiger partial charge on any atom is 0.410 e. The van der Waals surface area contributed by atoms with Crippen molar-refractivity contribution in [1.82, 2.24) is 20.0 Å². The summed E-state index contributed by atoms with van der Waals surface area (Å²) in [5.41, 5.74) is 0.667. The SMILES string of the molecule is C[C@@H](C(=O)N[C@H](C(=O)N1CCC[C@H]1CN(CCc1ccccc1)C(=O)OCc1ccccc1)C(C)(C)C)N(C)C(=O)OC(C)(C)C. The van der Waals surface area contributed by atoms with Crippen LogP contribution in [0.1, 0.15) is 72.4 Å². The summed E-state index contributed by atoms with van der Waals surface area (Å²) in [6.07, 6.45) is 1.10. The van der Waals surface area contributed by atoms with Crippen LogP contribution in [0.25, 0.3) is 0 Å². The minimum absolute atomic E-state index is 0.156. The molecule has 2 aromatic rings. The third kappa shape index (κ3) is 10.8. The number of carbonyl (C=O) groups is 4. The summed E-state index contributed by atoms with van der Waals surface area (Å²) in [7, 11) is 1.50. The molecule has 10 heteroatoms. The standard InChI is InChI=1S/C36H52N4O6/c1-26(38(8)33(43)46-36(5,6)7)31(41)37-30(35(2,3)4)32(42)40-22-15-20-29(40)24-39(23-21-27-16-11-9-12-17-27)34(44)45-25-28-18-13-10-14-19-28/h9-14,16-19,26,29-30H,15,20-25H2,1-8H3,(H,37,41)/t26-,29-,30+/m0/s1. The van der Waals surface area contributed by atoms with E-state index in [1.807, 2.05) is 81.4 Å². The summed E-state index contributed by atoms with van der Waals surface area (Å²) in [5, 5.41) is 2.93. The Balaban J connectivity index is 1.74. The van der Waals surface area contributed by atoms with Crippen molar-refractivity contribution >= 4 is 24.0 Å². The van der Waals surface area contributed by atoms with Crippen LogP contribution >= 0.6 is 0 Å². The van der Waals surface area contributed by atoms with Gasteiger partial charge in [-0.3, -0.25) is 14.5 Å². The summed E-state index contributed by atoms with van der Waals surface area (Å²) in [5.74, 6) is -0.664. The average Bonchev–Trinajstić information content (AvgIpc) is 3.47. The molecule has 1 aliphatic rings. The van der Waals surface area contributed by atoms with Gasteiger partial charge in [0.05, 0.1) is 0 Å². The van der Waals surface area contributed by atoms with E-state index < -0.39 is 41.2 Å². The predicted octanol–water partition coefficient (Wildman–Crippen LogP) is 5.65. The fourth-order valence-corrected chi connectivity index (χ4v) is 5.29. The molecule has 1 aliphatic heterocycles. The van der Waals surface area contributed by atoms with Gasteiger partial charge in [0, 0.05) is 32.7 Å². The monoisotopic (exact) mass is 636 g/mol. The highest BCUT2D eigenvalue weighted by Gasteiger charge is 2.41. The molecular weight excluding hydrogens is 584 g/mol. The van der Waals surface area contributed by atoms with Gasteiger partial charge < -0.3 is 24.6 Å². The van der Waals surface area contributed by atoms with Crippen molar-refractivity contribution in [1.29, 1.82) is 0 Å². The zero-order chi connectivity index (χ0) is 34.1. The van der Waals surface area contributed by atoms with Gasteiger partial charge >= 0.3 is 12.2 Å². The summed E-state index contributed by atoms with van der Waals surface area (Å²) in [4.78, 5) is 58.3. The molecule has 1 fully saturated rings. The lowest BCUT2D eigenvalue weighted by Gasteiger charge is -2.38. The Morgan fingerprint density at radius 3 is 2.07 bits per heavy atom. The van der Waals surface area contributed by atoms with E-state index in [0.717, 1.165) is 24.0 Å². The van der Waals surface area contributed by atoms with Gasteiger partial charge in [-0.1, -0.05) is 81.4 Å². The van der Waals surface area contributed by atoms with E-state index >= 15 is 0 Å². The van der Waals surface area contributed by atoms with Crippen LogP contribution in [0, 0.1) is 5.41 Å². The Labute approximate surface area is 274 Å². The number of hydrogen-bond acceptors (Lipinski definition) is 6. The van der Waals surface area contributed by atoms with Crippen molar-refractivity contribution in [2.45, 2.75) is 98.1 Å². The van der Waals surface area contributed by atoms with E-state index in [4.69, 9.17) is 9.47 Å². The molecular formula is C36H52N4O6. The van der Waals surface area contributed by atoms with Crippen LogP contribution in [0.3, 0.4) is 0 Å². The lowest BCUT2D eigenvalue weighted by Crippen LogP contribution is -2.59. The Bertz CT molecular complexity index is 1310. The molecule has 1 saturated heterocycles. The smallest absolute Gasteiger partial charge is 0.410 e. The van der Waals surface area contributed by atoms with Gasteiger partial charge in [-0.2, -0.15) is 0 Å². The third-order valence-electron chi connectivity index (χ3n) is 8.11. The molecule has 46 heavy (non-hydrogen) atoms. The van der Waals surface area contributed by atoms with E-state index in [1.165, 1.54) is 11.9 Å². The summed E-state index contributed by atoms with van der Waals surface area (Å²) >= 11 is 0. The minimum atomic E-state index is -0.866. The van der Waals surface area contributed by atoms with E-state index in [2.05, 4.69) is 5.32 Å². The molecule has 0 aliphatic carbocycles. The number of ether oxygens (including phenoxy) is 2. The predicted molar refractivity (Wildman–Crippen MR) is 178 cm³/mol. The molecule has 252 valence electrons. The van der Waals surface area contributed by atoms with Gasteiger partial charge in [0.1, 0.15) is 24.3 Å². The molecule has 0 spiro atoms. The van der Waals surface area contributed by atoms with E-state index in [0.29, 0.717) is 26.1 Å². The van der Waals surface area contributed by atoms with Crippen LogP contribution in [0.15, 0.2) is 60.7 Å². The highest BCUT2D eigenvalue weighted by Crippen LogP contribution is 2.27. The minimum Gasteiger partial charge on any atom is -0.445 e. The summed E-state index contributed by atoms with van der Waals surface area (Å²) in [6, 6.07) is 17.5. The molecule has 0 saturated carbocycles. The van der Waals surface area contributed by atoms with Crippen molar-refractivity contribution in [3.8, 4) is 0 Å². The first-order valence-corrected chi connectivity index (χ1v) is 16.1. The summed E-state index contributed by atoms with van der Waals surface area (Å²) < 4.78 is 11.1. The fraction of sp³-hybridized carbons (Fsp3) is 0.556. The van der Waals surface area contributed by atoms with Gasteiger partial charge in [0.15, 0.2) is 0 Å². The largest absolute Gasteiger partial charge is 0.445 e. The number of likely N-dealkylation sites (tertiary alicyclic amines) is 1. The molecule has 0 aromatic heterocycles. The molecule has 2 aromatic carbocycles. The second kappa shape index (κ2) is 16.0. The Hall–Kier alpha value is -4.08. The van der Waals surface area contributed by atoms with Gasteiger partial charge in [-0.25, -0.2) is 9.59 Å². The first-order valence-electron chi connectivity index (χ1n) is 16.1.